The summed E-state index contributed by atoms with van der Waals surface area (Å²) in [4.78, 5) is 12.4. The number of hydrogen-bond donors (Lipinski definition) is 3. The summed E-state index contributed by atoms with van der Waals surface area (Å²) >= 11 is 0. The molecule has 2 atom stereocenters. The first-order chi connectivity index (χ1) is 18.8. The lowest BCUT2D eigenvalue weighted by molar-refractivity contribution is -0.122. The molecular formula is C32H61NO5S. The van der Waals surface area contributed by atoms with E-state index in [0.29, 0.717) is 12.8 Å². The molecule has 0 fully saturated rings. The van der Waals surface area contributed by atoms with Crippen LogP contribution in [0.3, 0.4) is 0 Å². The van der Waals surface area contributed by atoms with Gasteiger partial charge < -0.3 is 10.4 Å². The van der Waals surface area contributed by atoms with E-state index in [9.17, 15) is 22.9 Å². The Hall–Kier alpha value is -1.18. The monoisotopic (exact) mass is 571 g/mol. The summed E-state index contributed by atoms with van der Waals surface area (Å²) in [6, 6.07) is -0.969. The number of aliphatic hydroxyl groups is 1. The van der Waals surface area contributed by atoms with Gasteiger partial charge in [-0.3, -0.25) is 9.35 Å². The molecule has 0 aliphatic carbocycles. The topological polar surface area (TPSA) is 104 Å². The Kier molecular flexibility index (Phi) is 26.2. The predicted molar refractivity (Wildman–Crippen MR) is 166 cm³/mol. The van der Waals surface area contributed by atoms with Gasteiger partial charge in [-0.05, 0) is 44.9 Å². The zero-order valence-electron chi connectivity index (χ0n) is 25.3. The fraction of sp³-hybridized carbons (Fsp3) is 0.844. The van der Waals surface area contributed by atoms with Crippen molar-refractivity contribution in [3.63, 3.8) is 0 Å². The van der Waals surface area contributed by atoms with Gasteiger partial charge in [0.1, 0.15) is 0 Å². The standard InChI is InChI=1S/C32H61NO5S/c1-3-5-7-9-11-12-13-14-15-16-17-18-19-20-22-24-26-28-32(35)33-30(29-39(36,37)38)31(34)27-25-23-21-10-8-6-4-2/h11-12,14-15,30-31,34H,3-10,13,16-29H2,1-2H3,(H,33,35)(H,36,37,38)/b12-11-,15-14-. The number of hydrogen-bond acceptors (Lipinski definition) is 4. The first kappa shape index (κ1) is 37.8. The van der Waals surface area contributed by atoms with E-state index in [2.05, 4.69) is 43.5 Å². The summed E-state index contributed by atoms with van der Waals surface area (Å²) in [7, 11) is -4.29. The Morgan fingerprint density at radius 2 is 1.15 bits per heavy atom. The fourth-order valence-electron chi connectivity index (χ4n) is 4.72. The predicted octanol–water partition coefficient (Wildman–Crippen LogP) is 8.45. The van der Waals surface area contributed by atoms with Crippen LogP contribution in [0.15, 0.2) is 24.3 Å². The van der Waals surface area contributed by atoms with Gasteiger partial charge in [-0.15, -0.1) is 0 Å². The molecule has 0 aromatic heterocycles. The summed E-state index contributed by atoms with van der Waals surface area (Å²) in [5, 5.41) is 13.1. The molecule has 0 radical (unpaired) electrons. The van der Waals surface area contributed by atoms with Gasteiger partial charge in [-0.2, -0.15) is 8.42 Å². The Bertz CT molecular complexity index is 720. The number of unbranched alkanes of at least 4 members (excludes halogenated alkanes) is 16. The maximum atomic E-state index is 12.4. The second-order valence-corrected chi connectivity index (χ2v) is 12.6. The molecule has 0 rings (SSSR count). The van der Waals surface area contributed by atoms with E-state index < -0.39 is 28.0 Å². The van der Waals surface area contributed by atoms with Crippen molar-refractivity contribution in [1.29, 1.82) is 0 Å². The van der Waals surface area contributed by atoms with Gasteiger partial charge >= 0.3 is 0 Å². The second-order valence-electron chi connectivity index (χ2n) is 11.1. The van der Waals surface area contributed by atoms with Crippen molar-refractivity contribution in [3.05, 3.63) is 24.3 Å². The van der Waals surface area contributed by atoms with Crippen LogP contribution in [0.25, 0.3) is 0 Å². The molecule has 1 amide bonds. The first-order valence-electron chi connectivity index (χ1n) is 16.0. The first-order valence-corrected chi connectivity index (χ1v) is 17.6. The van der Waals surface area contributed by atoms with Crippen molar-refractivity contribution in [1.82, 2.24) is 5.32 Å². The van der Waals surface area contributed by atoms with E-state index in [0.717, 1.165) is 57.8 Å². The minimum absolute atomic E-state index is 0.259. The molecule has 230 valence electrons. The van der Waals surface area contributed by atoms with Crippen LogP contribution >= 0.6 is 0 Å². The van der Waals surface area contributed by atoms with Crippen LogP contribution in [0.2, 0.25) is 0 Å². The van der Waals surface area contributed by atoms with Crippen molar-refractivity contribution < 1.29 is 22.9 Å². The van der Waals surface area contributed by atoms with Gasteiger partial charge in [0.15, 0.2) is 0 Å². The zero-order valence-corrected chi connectivity index (χ0v) is 26.1. The smallest absolute Gasteiger partial charge is 0.266 e. The highest BCUT2D eigenvalue weighted by Crippen LogP contribution is 2.14. The molecule has 0 aliphatic heterocycles. The Morgan fingerprint density at radius 1 is 0.692 bits per heavy atom. The third kappa shape index (κ3) is 28.2. The molecule has 0 heterocycles. The largest absolute Gasteiger partial charge is 0.391 e. The Labute approximate surface area is 241 Å². The van der Waals surface area contributed by atoms with E-state index in [1.54, 1.807) is 0 Å². The van der Waals surface area contributed by atoms with E-state index in [4.69, 9.17) is 0 Å². The average Bonchev–Trinajstić information content (AvgIpc) is 2.88. The highest BCUT2D eigenvalue weighted by atomic mass is 32.2. The highest BCUT2D eigenvalue weighted by Gasteiger charge is 2.26. The minimum atomic E-state index is -4.29. The zero-order chi connectivity index (χ0) is 29.0. The molecule has 0 aromatic carbocycles. The van der Waals surface area contributed by atoms with Gasteiger partial charge in [-0.1, -0.05) is 128 Å². The summed E-state index contributed by atoms with van der Waals surface area (Å²) in [6.45, 7) is 4.41. The van der Waals surface area contributed by atoms with Gasteiger partial charge in [0.25, 0.3) is 10.1 Å². The third-order valence-corrected chi connectivity index (χ3v) is 7.94. The van der Waals surface area contributed by atoms with Crippen molar-refractivity contribution in [2.45, 2.75) is 167 Å². The maximum Gasteiger partial charge on any atom is 0.266 e. The Balaban J connectivity index is 3.92. The maximum absolute atomic E-state index is 12.4. The minimum Gasteiger partial charge on any atom is -0.391 e. The third-order valence-electron chi connectivity index (χ3n) is 7.16. The number of carbonyl (C=O) groups is 1. The lowest BCUT2D eigenvalue weighted by atomic mass is 10.0. The summed E-state index contributed by atoms with van der Waals surface area (Å²) < 4.78 is 32.1. The van der Waals surface area contributed by atoms with Crippen LogP contribution in [0, 0.1) is 0 Å². The molecule has 39 heavy (non-hydrogen) atoms. The molecule has 6 nitrogen and oxygen atoms in total. The van der Waals surface area contributed by atoms with Gasteiger partial charge in [0.05, 0.1) is 17.9 Å². The van der Waals surface area contributed by atoms with E-state index in [-0.39, 0.29) is 5.91 Å². The molecule has 7 heteroatoms. The number of allylic oxidation sites excluding steroid dienone is 4. The number of carbonyl (C=O) groups excluding carboxylic acids is 1. The Morgan fingerprint density at radius 3 is 1.72 bits per heavy atom. The normalized spacial score (nSPS) is 13.8. The van der Waals surface area contributed by atoms with Crippen LogP contribution in [-0.4, -0.2) is 41.9 Å². The lowest BCUT2D eigenvalue weighted by Crippen LogP contribution is -2.47. The van der Waals surface area contributed by atoms with Gasteiger partial charge in [-0.25, -0.2) is 0 Å². The molecule has 0 spiro atoms. The molecule has 0 aromatic rings. The lowest BCUT2D eigenvalue weighted by Gasteiger charge is -2.23. The SMILES string of the molecule is CCCCC/C=C\C/C=C\CCCCCCCCCC(=O)NC(CS(=O)(=O)O)C(O)CCCCCCCCC. The molecule has 2 unspecified atom stereocenters. The van der Waals surface area contributed by atoms with Crippen molar-refractivity contribution in [2.75, 3.05) is 5.75 Å². The summed E-state index contributed by atoms with van der Waals surface area (Å²) in [6.07, 6.45) is 31.4. The number of nitrogens with one attached hydrogen (secondary N) is 1. The molecule has 0 saturated carbocycles. The van der Waals surface area contributed by atoms with Crippen LogP contribution in [-0.2, 0) is 14.9 Å². The molecule has 3 N–H and O–H groups in total. The summed E-state index contributed by atoms with van der Waals surface area (Å²) in [5.74, 6) is -0.911. The highest BCUT2D eigenvalue weighted by molar-refractivity contribution is 7.85. The van der Waals surface area contributed by atoms with Crippen LogP contribution < -0.4 is 5.32 Å². The fourth-order valence-corrected chi connectivity index (χ4v) is 5.48. The van der Waals surface area contributed by atoms with E-state index in [1.165, 1.54) is 70.6 Å². The molecular weight excluding hydrogens is 510 g/mol. The van der Waals surface area contributed by atoms with Crippen LogP contribution in [0.5, 0.6) is 0 Å². The van der Waals surface area contributed by atoms with Gasteiger partial charge in [0, 0.05) is 6.42 Å². The number of amides is 1. The summed E-state index contributed by atoms with van der Waals surface area (Å²) in [5.41, 5.74) is 0. The second kappa shape index (κ2) is 27.0. The number of aliphatic hydroxyl groups excluding tert-OH is 1. The van der Waals surface area contributed by atoms with Gasteiger partial charge in [0.2, 0.25) is 5.91 Å². The number of rotatable bonds is 28. The molecule has 0 bridgehead atoms. The quantitative estimate of drug-likeness (QED) is 0.0496. The van der Waals surface area contributed by atoms with Crippen molar-refractivity contribution in [3.8, 4) is 0 Å². The van der Waals surface area contributed by atoms with Crippen LogP contribution in [0.1, 0.15) is 155 Å². The van der Waals surface area contributed by atoms with Crippen molar-refractivity contribution >= 4 is 16.0 Å². The molecule has 0 saturated heterocycles. The van der Waals surface area contributed by atoms with E-state index in [1.807, 2.05) is 0 Å². The average molecular weight is 572 g/mol. The van der Waals surface area contributed by atoms with E-state index >= 15 is 0 Å². The van der Waals surface area contributed by atoms with Crippen LogP contribution in [0.4, 0.5) is 0 Å². The molecule has 0 aliphatic rings. The van der Waals surface area contributed by atoms with Crippen molar-refractivity contribution in [2.24, 2.45) is 0 Å².